The number of H-pyrrole nitrogens is 2. The minimum Gasteiger partial charge on any atom is -0.370 e. The first kappa shape index (κ1) is 61.3. The zero-order valence-corrected chi connectivity index (χ0v) is 54.9. The maximum Gasteiger partial charge on any atom is 0.211 e. The summed E-state index contributed by atoms with van der Waals surface area (Å²) < 4.78 is 131. The molecule has 0 aliphatic carbocycles. The van der Waals surface area contributed by atoms with Gasteiger partial charge in [-0.05, 0) is 172 Å². The Balaban J connectivity index is 1.19. The number of likely N-dealkylation sites (N-methyl/N-ethyl adjacent to an activating group) is 4. The van der Waals surface area contributed by atoms with E-state index in [1.165, 1.54) is 72.8 Å². The maximum atomic E-state index is 16.4. The van der Waals surface area contributed by atoms with Gasteiger partial charge in [-0.3, -0.25) is 0 Å². The Morgan fingerprint density at radius 2 is 0.533 bits per heavy atom. The lowest BCUT2D eigenvalue weighted by atomic mass is 10.0. The highest BCUT2D eigenvalue weighted by atomic mass is 32.2. The third-order valence-corrected chi connectivity index (χ3v) is 25.1. The van der Waals surface area contributed by atoms with E-state index in [0.29, 0.717) is 22.3 Å². The van der Waals surface area contributed by atoms with Crippen molar-refractivity contribution in [3.05, 3.63) is 262 Å². The molecule has 2 N–H and O–H groups in total. The monoisotopic (exact) mass is 1300 g/mol. The smallest absolute Gasteiger partial charge is 0.211 e. The standard InChI is InChI=1S/C72H66N8O8S4/c1-45-21-33-65(49(41-45)61-17-9-13-37-77(61)5)89(81,82)69-53-25-27-55(73-53)70(90(83,84)66-34-22-46(2)42-50(66)62-18-10-14-38-78(62)6)57-29-31-59(75-57)72(92(87,88)68-36-24-48(4)44-52(68)64-20-12-16-40-80(64)8)60-32-30-58(76-60)71(56-28-26-54(69)74-56)91(85,86)67-35-23-47(3)43-51(67)63-19-11-15-39-79(63)7/h9-44,61-64,73,76H,1-8H3. The van der Waals surface area contributed by atoms with E-state index in [9.17, 15) is 0 Å². The van der Waals surface area contributed by atoms with E-state index in [2.05, 4.69) is 9.97 Å². The van der Waals surface area contributed by atoms with Crippen molar-refractivity contribution >= 4 is 85.7 Å². The molecule has 3 aromatic heterocycles. The lowest BCUT2D eigenvalue weighted by Gasteiger charge is -2.28. The van der Waals surface area contributed by atoms with Crippen LogP contribution < -0.4 is 0 Å². The molecule has 4 aromatic carbocycles. The highest BCUT2D eigenvalue weighted by Gasteiger charge is 2.38. The molecule has 0 radical (unpaired) electrons. The van der Waals surface area contributed by atoms with Crippen LogP contribution in [0.5, 0.6) is 0 Å². The van der Waals surface area contributed by atoms with Crippen LogP contribution in [0.3, 0.4) is 0 Å². The van der Waals surface area contributed by atoms with E-state index in [4.69, 9.17) is 9.97 Å². The predicted molar refractivity (Wildman–Crippen MR) is 361 cm³/mol. The molecule has 6 aliphatic rings. The van der Waals surface area contributed by atoms with Crippen LogP contribution in [0.15, 0.2) is 234 Å². The Hall–Kier alpha value is -9.60. The van der Waals surface area contributed by atoms with Crippen LogP contribution in [0, 0.1) is 27.7 Å². The Morgan fingerprint density at radius 1 is 0.315 bits per heavy atom. The van der Waals surface area contributed by atoms with Crippen LogP contribution in [0.25, 0.3) is 46.4 Å². The maximum absolute atomic E-state index is 16.4. The van der Waals surface area contributed by atoms with Gasteiger partial charge in [0.1, 0.15) is 19.6 Å². The largest absolute Gasteiger partial charge is 0.370 e. The first-order valence-electron chi connectivity index (χ1n) is 29.8. The fourth-order valence-corrected chi connectivity index (χ4v) is 19.9. The Morgan fingerprint density at radius 3 is 0.739 bits per heavy atom. The highest BCUT2D eigenvalue weighted by molar-refractivity contribution is 7.92. The molecule has 466 valence electrons. The molecular formula is C72H66N8O8S4. The number of hydrogen-bond acceptors (Lipinski definition) is 14. The summed E-state index contributed by atoms with van der Waals surface area (Å²) in [6, 6.07) is 23.9. The normalized spacial score (nSPS) is 18.7. The molecule has 0 spiro atoms. The van der Waals surface area contributed by atoms with Gasteiger partial charge in [0.25, 0.3) is 0 Å². The second-order valence-corrected chi connectivity index (χ2v) is 31.3. The van der Waals surface area contributed by atoms with Crippen molar-refractivity contribution in [3.8, 4) is 0 Å². The van der Waals surface area contributed by atoms with Crippen molar-refractivity contribution in [2.75, 3.05) is 28.2 Å². The second-order valence-electron chi connectivity index (χ2n) is 23.8. The van der Waals surface area contributed by atoms with Gasteiger partial charge in [-0.1, -0.05) is 119 Å². The molecule has 0 amide bonds. The molecule has 0 saturated carbocycles. The third kappa shape index (κ3) is 10.6. The fraction of sp³-hybridized carbons (Fsp3) is 0.167. The predicted octanol–water partition coefficient (Wildman–Crippen LogP) is 13.4. The lowest BCUT2D eigenvalue weighted by molar-refractivity contribution is 0.385. The van der Waals surface area contributed by atoms with Gasteiger partial charge in [-0.15, -0.1) is 0 Å². The van der Waals surface area contributed by atoms with Gasteiger partial charge >= 0.3 is 0 Å². The Bertz CT molecular complexity index is 4650. The molecule has 20 heteroatoms. The number of sulfone groups is 4. The van der Waals surface area contributed by atoms with Gasteiger partial charge in [0.15, 0.2) is 0 Å². The summed E-state index contributed by atoms with van der Waals surface area (Å²) in [5.41, 5.74) is 3.82. The zero-order chi connectivity index (χ0) is 64.8. The molecule has 16 nitrogen and oxygen atoms in total. The van der Waals surface area contributed by atoms with Crippen LogP contribution in [0.4, 0.5) is 0 Å². The summed E-state index contributed by atoms with van der Waals surface area (Å²) in [5.74, 6) is 0. The summed E-state index contributed by atoms with van der Waals surface area (Å²) >= 11 is 0. The van der Waals surface area contributed by atoms with Crippen LogP contribution >= 0.6 is 0 Å². The second kappa shape index (κ2) is 23.3. The van der Waals surface area contributed by atoms with Gasteiger partial charge < -0.3 is 29.6 Å². The number of aryl methyl sites for hydroxylation is 4. The first-order chi connectivity index (χ1) is 43.9. The third-order valence-electron chi connectivity index (χ3n) is 17.4. The zero-order valence-electron chi connectivity index (χ0n) is 51.7. The van der Waals surface area contributed by atoms with E-state index in [1.54, 1.807) is 24.3 Å². The van der Waals surface area contributed by atoms with Crippen LogP contribution in [0.2, 0.25) is 0 Å². The molecule has 4 atom stereocenters. The lowest BCUT2D eigenvalue weighted by Crippen LogP contribution is -2.22. The summed E-state index contributed by atoms with van der Waals surface area (Å²) in [7, 11) is -11.8. The molecule has 0 fully saturated rings. The topological polar surface area (TPSA) is 207 Å². The summed E-state index contributed by atoms with van der Waals surface area (Å²) in [6.45, 7) is 7.48. The fourth-order valence-electron chi connectivity index (χ4n) is 12.9. The minimum atomic E-state index is -4.79. The number of hydrogen-bond donors (Lipinski definition) is 2. The van der Waals surface area contributed by atoms with Gasteiger partial charge in [0, 0.05) is 28.2 Å². The molecule has 7 aromatic rings. The van der Waals surface area contributed by atoms with Gasteiger partial charge in [0.2, 0.25) is 39.3 Å². The van der Waals surface area contributed by atoms with Gasteiger partial charge in [-0.2, -0.15) is 0 Å². The number of nitrogens with zero attached hydrogens (tertiary/aromatic N) is 6. The van der Waals surface area contributed by atoms with Crippen molar-refractivity contribution < 1.29 is 33.7 Å². The molecule has 13 rings (SSSR count). The van der Waals surface area contributed by atoms with E-state index in [0.717, 1.165) is 22.3 Å². The number of rotatable bonds is 12. The van der Waals surface area contributed by atoms with E-state index in [-0.39, 0.29) is 84.0 Å². The molecule has 4 unspecified atom stereocenters. The van der Waals surface area contributed by atoms with Crippen LogP contribution in [0.1, 0.15) is 91.5 Å². The van der Waals surface area contributed by atoms with Crippen LogP contribution in [-0.2, 0) is 39.3 Å². The quantitative estimate of drug-likeness (QED) is 0.117. The summed E-state index contributed by atoms with van der Waals surface area (Å²) in [4.78, 5) is 22.3. The average molecular weight is 1300 g/mol. The van der Waals surface area contributed by atoms with Crippen molar-refractivity contribution in [3.63, 3.8) is 0 Å². The number of aromatic amines is 2. The molecular weight excluding hydrogens is 1230 g/mol. The van der Waals surface area contributed by atoms with E-state index >= 15 is 33.7 Å². The van der Waals surface area contributed by atoms with E-state index < -0.39 is 63.5 Å². The van der Waals surface area contributed by atoms with Crippen molar-refractivity contribution in [2.24, 2.45) is 0 Å². The van der Waals surface area contributed by atoms with Crippen LogP contribution in [-0.4, -0.2) is 101 Å². The SMILES string of the molecule is Cc1ccc(S(=O)(=O)c2c3nc(c(S(=O)(=O)c4ccc(C)cc4C4C=CC=CN4C)c4ccc([nH]4)c(S(=O)(=O)c4ccc(C)cc4C4C=CC=CN4C)c4nc(c(S(=O)(=O)c5ccc(C)cc5C5C=CC=CN5C)c5ccc2[nH]5)C=C4)C=C3)c(C2C=CC=CN2C)c1. The summed E-state index contributed by atoms with van der Waals surface area (Å²) in [6.07, 6.45) is 35.4. The Labute approximate surface area is 536 Å². The number of nitrogens with one attached hydrogen (secondary N) is 2. The molecule has 9 heterocycles. The Kier molecular flexibility index (Phi) is 15.5. The molecule has 92 heavy (non-hydrogen) atoms. The average Bonchev–Trinajstić information content (AvgIpc) is 1.48. The molecule has 6 aliphatic heterocycles. The molecule has 8 bridgehead atoms. The van der Waals surface area contributed by atoms with Gasteiger partial charge in [-0.25, -0.2) is 43.6 Å². The van der Waals surface area contributed by atoms with Crippen molar-refractivity contribution in [1.82, 2.24) is 39.5 Å². The number of aromatic nitrogens is 4. The van der Waals surface area contributed by atoms with Crippen molar-refractivity contribution in [1.29, 1.82) is 0 Å². The van der Waals surface area contributed by atoms with E-state index in [1.807, 2.05) is 197 Å². The van der Waals surface area contributed by atoms with Crippen molar-refractivity contribution in [2.45, 2.75) is 91.0 Å². The number of allylic oxidation sites excluding steroid dienone is 8. The van der Waals surface area contributed by atoms with Gasteiger partial charge in [0.05, 0.1) is 88.6 Å². The number of benzene rings is 4. The number of fused-ring (bicyclic) bond motifs is 8. The first-order valence-corrected chi connectivity index (χ1v) is 35.7. The summed E-state index contributed by atoms with van der Waals surface area (Å²) in [5, 5.41) is 0. The minimum absolute atomic E-state index is 0.0790. The molecule has 0 saturated heterocycles. The highest BCUT2D eigenvalue weighted by Crippen LogP contribution is 2.44.